The number of hydrogen-bond acceptors (Lipinski definition) is 0. The molecule has 44 heavy (non-hydrogen) atoms. The van der Waals surface area contributed by atoms with E-state index >= 15 is 0 Å². The van der Waals surface area contributed by atoms with Crippen LogP contribution in [0.4, 0.5) is 0 Å². The van der Waals surface area contributed by atoms with Crippen molar-refractivity contribution >= 4 is 53.9 Å². The van der Waals surface area contributed by atoms with Gasteiger partial charge in [0, 0.05) is 0 Å². The van der Waals surface area contributed by atoms with Crippen molar-refractivity contribution in [1.29, 1.82) is 0 Å². The highest BCUT2D eigenvalue weighted by Gasteiger charge is 2.19. The summed E-state index contributed by atoms with van der Waals surface area (Å²) in [7, 11) is 0. The minimum atomic E-state index is -1.04. The summed E-state index contributed by atoms with van der Waals surface area (Å²) >= 11 is 0. The first-order valence-corrected chi connectivity index (χ1v) is 13.1. The minimum absolute atomic E-state index is 0.490. The molecule has 9 aromatic carbocycles. The molecule has 0 saturated heterocycles. The molecule has 9 rings (SSSR count). The third-order valence-corrected chi connectivity index (χ3v) is 7.20. The van der Waals surface area contributed by atoms with E-state index < -0.39 is 250 Å². The molecule has 0 spiro atoms. The lowest BCUT2D eigenvalue weighted by Gasteiger charge is -2.20. The highest BCUT2D eigenvalue weighted by Crippen LogP contribution is 2.46. The Morgan fingerprint density at radius 2 is 0.750 bits per heavy atom. The van der Waals surface area contributed by atoms with Gasteiger partial charge in [-0.2, -0.15) is 0 Å². The summed E-state index contributed by atoms with van der Waals surface area (Å²) in [6, 6.07) is -23.2. The maximum atomic E-state index is 9.79. The van der Waals surface area contributed by atoms with E-state index in [1.807, 2.05) is 0 Å². The molecule has 0 bridgehead atoms. The fourth-order valence-electron chi connectivity index (χ4n) is 5.32. The van der Waals surface area contributed by atoms with Crippen LogP contribution in [0.15, 0.2) is 169 Å². The quantitative estimate of drug-likeness (QED) is 0.181. The Balaban J connectivity index is 1.62. The van der Waals surface area contributed by atoms with Gasteiger partial charge in [-0.05, 0) is 99.3 Å². The minimum Gasteiger partial charge on any atom is -0.0616 e. The Morgan fingerprint density at radius 3 is 1.43 bits per heavy atom. The van der Waals surface area contributed by atoms with Gasteiger partial charge in [0.2, 0.25) is 0 Å². The number of hydrogen-bond donors (Lipinski definition) is 0. The predicted molar refractivity (Wildman–Crippen MR) is 190 cm³/mol. The van der Waals surface area contributed by atoms with E-state index in [0.717, 1.165) is 6.07 Å². The van der Waals surface area contributed by atoms with Crippen LogP contribution < -0.4 is 0 Å². The Morgan fingerprint density at radius 1 is 0.295 bits per heavy atom. The van der Waals surface area contributed by atoms with E-state index in [1.54, 1.807) is 0 Å². The third kappa shape index (κ3) is 3.85. The van der Waals surface area contributed by atoms with Crippen molar-refractivity contribution in [2.75, 3.05) is 0 Å². The fraction of sp³-hybridized carbons (Fsp3) is 0. The van der Waals surface area contributed by atoms with Crippen LogP contribution in [0.1, 0.15) is 37.0 Å². The van der Waals surface area contributed by atoms with Gasteiger partial charge in [0.1, 0.15) is 0 Å². The lowest BCUT2D eigenvalue weighted by Crippen LogP contribution is -1.92. The van der Waals surface area contributed by atoms with Gasteiger partial charge < -0.3 is 0 Å². The maximum Gasteiger partial charge on any atom is 0.0636 e. The molecule has 0 saturated carbocycles. The van der Waals surface area contributed by atoms with E-state index in [9.17, 15) is 13.7 Å². The first-order valence-electron chi connectivity index (χ1n) is 26.6. The monoisotopic (exact) mass is 583 g/mol. The summed E-state index contributed by atoms with van der Waals surface area (Å²) in [6.07, 6.45) is 0. The van der Waals surface area contributed by atoms with Gasteiger partial charge in [-0.25, -0.2) is 0 Å². The Labute approximate surface area is 294 Å². The number of rotatable bonds is 3. The Hall–Kier alpha value is -5.72. The van der Waals surface area contributed by atoms with Crippen molar-refractivity contribution in [1.82, 2.24) is 0 Å². The van der Waals surface area contributed by atoms with Crippen LogP contribution >= 0.6 is 0 Å². The zero-order valence-electron chi connectivity index (χ0n) is 49.1. The molecular formula is C44H28. The van der Waals surface area contributed by atoms with Gasteiger partial charge in [0.05, 0.1) is 37.0 Å². The van der Waals surface area contributed by atoms with E-state index in [1.165, 1.54) is 0 Å². The largest absolute Gasteiger partial charge is 0.0636 e. The predicted octanol–water partition coefficient (Wildman–Crippen LogP) is 12.5. The molecule has 0 atom stereocenters. The summed E-state index contributed by atoms with van der Waals surface area (Å²) in [5.41, 5.74) is -4.17. The van der Waals surface area contributed by atoms with Crippen molar-refractivity contribution in [3.05, 3.63) is 169 Å². The van der Waals surface area contributed by atoms with Crippen molar-refractivity contribution < 1.29 is 37.0 Å². The first-order chi connectivity index (χ1) is 33.1. The van der Waals surface area contributed by atoms with Gasteiger partial charge in [0.15, 0.2) is 0 Å². The summed E-state index contributed by atoms with van der Waals surface area (Å²) in [5, 5.41) is -6.14. The highest BCUT2D eigenvalue weighted by molar-refractivity contribution is 6.24. The smallest absolute Gasteiger partial charge is 0.0616 e. The standard InChI is InChI=1S/C44H28/c1-3-13-31-27-33(23-21-29(31)11-1)35-25-26-42(37-16-6-5-15-36(35)37)44-40-19-9-7-17-38(40)43(39-18-8-10-20-41(39)44)34-24-22-30-12-2-4-14-32(30)28-34/h1-28H/i1D,2D,3D,4D,5D,6D,7D,8D,9D,10D,11D,12D,13D,14D,15D,16D,17D,18D,19D,21D,22D,23D,24D,25D,26D,27D,28D. The molecule has 0 heteroatoms. The number of fused-ring (bicyclic) bond motifs is 5. The van der Waals surface area contributed by atoms with Gasteiger partial charge in [0.25, 0.3) is 0 Å². The van der Waals surface area contributed by atoms with Gasteiger partial charge >= 0.3 is 0 Å². The molecule has 0 aliphatic carbocycles. The van der Waals surface area contributed by atoms with Crippen LogP contribution in [0, 0.1) is 0 Å². The zero-order valence-corrected chi connectivity index (χ0v) is 22.1. The molecule has 9 aromatic rings. The molecule has 0 unspecified atom stereocenters. The molecule has 0 aliphatic heterocycles. The van der Waals surface area contributed by atoms with Crippen LogP contribution in [0.2, 0.25) is 0 Å². The lowest BCUT2D eigenvalue weighted by molar-refractivity contribution is 1.66. The topological polar surface area (TPSA) is 0 Å². The zero-order chi connectivity index (χ0) is 52.5. The second-order valence-corrected chi connectivity index (χ2v) is 9.58. The molecule has 204 valence electrons. The average Bonchev–Trinajstić information content (AvgIpc) is 3.33. The fourth-order valence-corrected chi connectivity index (χ4v) is 5.32. The molecule has 0 amide bonds. The van der Waals surface area contributed by atoms with Gasteiger partial charge in [-0.1, -0.05) is 157 Å². The van der Waals surface area contributed by atoms with E-state index in [2.05, 4.69) is 0 Å². The summed E-state index contributed by atoms with van der Waals surface area (Å²) in [5.74, 6) is 0. The average molecular weight is 584 g/mol. The second-order valence-electron chi connectivity index (χ2n) is 9.58. The van der Waals surface area contributed by atoms with Crippen molar-refractivity contribution in [3.63, 3.8) is 0 Å². The molecule has 0 aliphatic rings. The molecular weight excluding hydrogens is 528 g/mol. The molecule has 0 nitrogen and oxygen atoms in total. The van der Waals surface area contributed by atoms with Crippen molar-refractivity contribution in [2.45, 2.75) is 0 Å². The van der Waals surface area contributed by atoms with Crippen LogP contribution in [-0.2, 0) is 0 Å². The van der Waals surface area contributed by atoms with Crippen LogP contribution in [0.25, 0.3) is 87.2 Å². The normalized spacial score (nSPS) is 20.2. The molecule has 0 aromatic heterocycles. The molecule has 0 radical (unpaired) electrons. The van der Waals surface area contributed by atoms with E-state index in [-0.39, 0.29) is 0 Å². The summed E-state index contributed by atoms with van der Waals surface area (Å²) in [6.45, 7) is 0. The summed E-state index contributed by atoms with van der Waals surface area (Å²) < 4.78 is 242. The molecule has 0 fully saturated rings. The highest BCUT2D eigenvalue weighted by atomic mass is 14.2. The van der Waals surface area contributed by atoms with Crippen LogP contribution in [0.3, 0.4) is 0 Å². The lowest BCUT2D eigenvalue weighted by atomic mass is 9.83. The van der Waals surface area contributed by atoms with Crippen molar-refractivity contribution in [2.24, 2.45) is 0 Å². The Kier molecular flexibility index (Phi) is 2.24. The van der Waals surface area contributed by atoms with Crippen molar-refractivity contribution in [3.8, 4) is 33.4 Å². The Bertz CT molecular complexity index is 4070. The van der Waals surface area contributed by atoms with E-state index in [4.69, 9.17) is 23.3 Å². The maximum absolute atomic E-state index is 9.79. The van der Waals surface area contributed by atoms with Gasteiger partial charge in [-0.3, -0.25) is 0 Å². The summed E-state index contributed by atoms with van der Waals surface area (Å²) in [4.78, 5) is 0. The SMILES string of the molecule is [2H]c1cc2c(-c3c([2H])c([2H])c(-c4c([2H])c([2H])c5c([2H])c([2H])c([2H])c([2H])c5c4[2H])c4c([2H])c([2H])c([2H])c([2H])c34)c3c([2H])c([2H])c([2H])c([2H])c3c(-c3c([2H])c([2H])c4c([2H])c([2H])c([2H])c([2H])c4c3[2H])c2c([2H])c1[2H]. The van der Waals surface area contributed by atoms with Crippen LogP contribution in [0.5, 0.6) is 0 Å². The first kappa shape index (κ1) is 9.91. The van der Waals surface area contributed by atoms with Crippen LogP contribution in [-0.4, -0.2) is 0 Å². The van der Waals surface area contributed by atoms with Gasteiger partial charge in [-0.15, -0.1) is 0 Å². The second kappa shape index (κ2) is 9.93. The van der Waals surface area contributed by atoms with E-state index in [0.29, 0.717) is 0 Å². The third-order valence-electron chi connectivity index (χ3n) is 7.20. The number of benzene rings is 9. The molecule has 0 heterocycles. The molecule has 0 N–H and O–H groups in total.